The minimum atomic E-state index is 0.952. The second kappa shape index (κ2) is 13.7. The predicted octanol–water partition coefficient (Wildman–Crippen LogP) is 9.19. The lowest BCUT2D eigenvalue weighted by molar-refractivity contribution is 0.249. The average Bonchev–Trinajstić information content (AvgIpc) is 2.82. The summed E-state index contributed by atoms with van der Waals surface area (Å²) in [4.78, 5) is 4.72. The lowest BCUT2D eigenvalue weighted by Crippen LogP contribution is -2.15. The SMILES string of the molecule is CCCCCC[C@H]1CC[C@H](CCc2ccc(-c3ccc(CCCCC)cn3)cc2)CC1. The Balaban J connectivity index is 1.38. The number of nitrogens with zero attached hydrogens (tertiary/aromatic N) is 1. The molecular weight excluding hydrogens is 374 g/mol. The molecule has 2 aromatic rings. The molecule has 170 valence electrons. The quantitative estimate of drug-likeness (QED) is 0.295. The summed E-state index contributed by atoms with van der Waals surface area (Å²) in [6, 6.07) is 13.6. The van der Waals surface area contributed by atoms with Gasteiger partial charge in [-0.15, -0.1) is 0 Å². The van der Waals surface area contributed by atoms with E-state index in [1.54, 1.807) is 0 Å². The fraction of sp³-hybridized carbons (Fsp3) is 0.633. The summed E-state index contributed by atoms with van der Waals surface area (Å²) in [5.74, 6) is 1.98. The van der Waals surface area contributed by atoms with E-state index in [1.807, 2.05) is 0 Å². The van der Waals surface area contributed by atoms with Gasteiger partial charge in [-0.05, 0) is 54.7 Å². The van der Waals surface area contributed by atoms with Crippen LogP contribution in [0.4, 0.5) is 0 Å². The van der Waals surface area contributed by atoms with Crippen LogP contribution in [0, 0.1) is 11.8 Å². The van der Waals surface area contributed by atoms with Gasteiger partial charge in [0.05, 0.1) is 5.69 Å². The first-order valence-corrected chi connectivity index (χ1v) is 13.3. The molecule has 0 aliphatic heterocycles. The Labute approximate surface area is 192 Å². The molecule has 1 aromatic heterocycles. The Kier molecular flexibility index (Phi) is 10.6. The van der Waals surface area contributed by atoms with E-state index in [1.165, 1.54) is 107 Å². The number of benzene rings is 1. The molecule has 1 aromatic carbocycles. The summed E-state index contributed by atoms with van der Waals surface area (Å²) in [5.41, 5.74) is 5.20. The maximum atomic E-state index is 4.72. The zero-order chi connectivity index (χ0) is 21.7. The molecule has 0 atom stereocenters. The van der Waals surface area contributed by atoms with Crippen LogP contribution in [0.25, 0.3) is 11.3 Å². The summed E-state index contributed by atoms with van der Waals surface area (Å²) < 4.78 is 0. The molecule has 1 aliphatic rings. The molecule has 1 fully saturated rings. The molecule has 3 rings (SSSR count). The summed E-state index contributed by atoms with van der Waals surface area (Å²) >= 11 is 0. The zero-order valence-corrected chi connectivity index (χ0v) is 20.2. The lowest BCUT2D eigenvalue weighted by atomic mass is 9.77. The molecule has 0 spiro atoms. The van der Waals surface area contributed by atoms with Crippen LogP contribution < -0.4 is 0 Å². The van der Waals surface area contributed by atoms with Gasteiger partial charge in [0.25, 0.3) is 0 Å². The van der Waals surface area contributed by atoms with Crippen molar-refractivity contribution < 1.29 is 0 Å². The van der Waals surface area contributed by atoms with Gasteiger partial charge in [-0.2, -0.15) is 0 Å². The van der Waals surface area contributed by atoms with Crippen molar-refractivity contribution in [1.29, 1.82) is 0 Å². The average molecular weight is 420 g/mol. The standard InChI is InChI=1S/C30H45N/c1-3-5-7-9-10-25-12-14-26(15-13-25)16-17-27-18-21-29(22-19-27)30-23-20-28(24-31-30)11-8-6-4-2/h18-26H,3-17H2,1-2H3/t25-,26-. The van der Waals surface area contributed by atoms with Gasteiger partial charge in [-0.3, -0.25) is 4.98 Å². The molecule has 0 radical (unpaired) electrons. The Morgan fingerprint density at radius 3 is 1.94 bits per heavy atom. The van der Waals surface area contributed by atoms with Crippen molar-refractivity contribution in [1.82, 2.24) is 4.98 Å². The van der Waals surface area contributed by atoms with E-state index in [2.05, 4.69) is 56.4 Å². The van der Waals surface area contributed by atoms with Crippen molar-refractivity contribution in [3.05, 3.63) is 53.7 Å². The van der Waals surface area contributed by atoms with Crippen LogP contribution in [0.15, 0.2) is 42.6 Å². The third kappa shape index (κ3) is 8.43. The molecule has 0 amide bonds. The molecule has 0 bridgehead atoms. The van der Waals surface area contributed by atoms with Crippen LogP contribution in [0.3, 0.4) is 0 Å². The highest BCUT2D eigenvalue weighted by Crippen LogP contribution is 2.34. The fourth-order valence-corrected chi connectivity index (χ4v) is 5.20. The number of hydrogen-bond acceptors (Lipinski definition) is 1. The zero-order valence-electron chi connectivity index (χ0n) is 20.2. The number of rotatable bonds is 13. The maximum absolute atomic E-state index is 4.72. The third-order valence-corrected chi connectivity index (χ3v) is 7.42. The minimum absolute atomic E-state index is 0.952. The van der Waals surface area contributed by atoms with E-state index >= 15 is 0 Å². The lowest BCUT2D eigenvalue weighted by Gasteiger charge is -2.28. The van der Waals surface area contributed by atoms with Crippen LogP contribution in [-0.2, 0) is 12.8 Å². The van der Waals surface area contributed by atoms with Gasteiger partial charge in [0, 0.05) is 11.8 Å². The van der Waals surface area contributed by atoms with E-state index in [-0.39, 0.29) is 0 Å². The van der Waals surface area contributed by atoms with Gasteiger partial charge in [-0.25, -0.2) is 0 Å². The summed E-state index contributed by atoms with van der Waals surface area (Å²) in [6.45, 7) is 4.56. The second-order valence-electron chi connectivity index (χ2n) is 9.98. The molecule has 1 nitrogen and oxygen atoms in total. The van der Waals surface area contributed by atoms with Gasteiger partial charge in [0.1, 0.15) is 0 Å². The summed E-state index contributed by atoms with van der Waals surface area (Å²) in [7, 11) is 0. The highest BCUT2D eigenvalue weighted by molar-refractivity contribution is 5.59. The van der Waals surface area contributed by atoms with Crippen LogP contribution >= 0.6 is 0 Å². The topological polar surface area (TPSA) is 12.9 Å². The van der Waals surface area contributed by atoms with Crippen molar-refractivity contribution in [2.75, 3.05) is 0 Å². The molecule has 1 aliphatic carbocycles. The van der Waals surface area contributed by atoms with Crippen LogP contribution in [0.2, 0.25) is 0 Å². The third-order valence-electron chi connectivity index (χ3n) is 7.42. The van der Waals surface area contributed by atoms with E-state index < -0.39 is 0 Å². The van der Waals surface area contributed by atoms with Gasteiger partial charge in [0.15, 0.2) is 0 Å². The fourth-order valence-electron chi connectivity index (χ4n) is 5.20. The van der Waals surface area contributed by atoms with Gasteiger partial charge in [-0.1, -0.05) is 115 Å². The van der Waals surface area contributed by atoms with Gasteiger partial charge < -0.3 is 0 Å². The van der Waals surface area contributed by atoms with E-state index in [9.17, 15) is 0 Å². The van der Waals surface area contributed by atoms with Gasteiger partial charge in [0.2, 0.25) is 0 Å². The first kappa shape index (κ1) is 24.0. The summed E-state index contributed by atoms with van der Waals surface area (Å²) in [5, 5.41) is 0. The summed E-state index contributed by atoms with van der Waals surface area (Å²) in [6.07, 6.45) is 22.8. The Morgan fingerprint density at radius 1 is 0.645 bits per heavy atom. The Bertz CT molecular complexity index is 707. The van der Waals surface area contributed by atoms with Crippen molar-refractivity contribution >= 4 is 0 Å². The van der Waals surface area contributed by atoms with E-state index in [0.717, 1.165) is 24.0 Å². The number of aromatic nitrogens is 1. The van der Waals surface area contributed by atoms with E-state index in [0.29, 0.717) is 0 Å². The second-order valence-corrected chi connectivity index (χ2v) is 9.98. The maximum Gasteiger partial charge on any atom is 0.0702 e. The first-order valence-electron chi connectivity index (χ1n) is 13.3. The largest absolute Gasteiger partial charge is 0.256 e. The molecule has 1 saturated carbocycles. The molecule has 1 heterocycles. The highest BCUT2D eigenvalue weighted by atomic mass is 14.7. The van der Waals surface area contributed by atoms with Crippen molar-refractivity contribution in [2.45, 2.75) is 110 Å². The monoisotopic (exact) mass is 419 g/mol. The minimum Gasteiger partial charge on any atom is -0.256 e. The number of hydrogen-bond donors (Lipinski definition) is 0. The van der Waals surface area contributed by atoms with Crippen molar-refractivity contribution in [3.63, 3.8) is 0 Å². The van der Waals surface area contributed by atoms with Gasteiger partial charge >= 0.3 is 0 Å². The first-order chi connectivity index (χ1) is 15.3. The normalized spacial score (nSPS) is 18.9. The molecular formula is C30H45N. The predicted molar refractivity (Wildman–Crippen MR) is 135 cm³/mol. The number of aryl methyl sites for hydroxylation is 2. The van der Waals surface area contributed by atoms with Crippen molar-refractivity contribution in [2.24, 2.45) is 11.8 Å². The smallest absolute Gasteiger partial charge is 0.0702 e. The molecule has 1 heteroatoms. The Morgan fingerprint density at radius 2 is 1.29 bits per heavy atom. The highest BCUT2D eigenvalue weighted by Gasteiger charge is 2.20. The molecule has 0 unspecified atom stereocenters. The molecule has 0 saturated heterocycles. The van der Waals surface area contributed by atoms with Crippen molar-refractivity contribution in [3.8, 4) is 11.3 Å². The molecule has 31 heavy (non-hydrogen) atoms. The van der Waals surface area contributed by atoms with Crippen LogP contribution in [0.1, 0.15) is 108 Å². The van der Waals surface area contributed by atoms with Crippen LogP contribution in [-0.4, -0.2) is 4.98 Å². The van der Waals surface area contributed by atoms with E-state index in [4.69, 9.17) is 4.98 Å². The van der Waals surface area contributed by atoms with Crippen LogP contribution in [0.5, 0.6) is 0 Å². The molecule has 0 N–H and O–H groups in total. The Hall–Kier alpha value is -1.63. The number of unbranched alkanes of at least 4 members (excludes halogenated alkanes) is 5. The number of pyridine rings is 1.